The van der Waals surface area contributed by atoms with Crippen LogP contribution < -0.4 is 10.2 Å². The number of hydrogen-bond acceptors (Lipinski definition) is 6. The Labute approximate surface area is 217 Å². The van der Waals surface area contributed by atoms with Gasteiger partial charge in [-0.1, -0.05) is 48.5 Å². The van der Waals surface area contributed by atoms with Crippen molar-refractivity contribution in [1.82, 2.24) is 10.2 Å². The molecule has 2 atom stereocenters. The molecule has 1 heterocycles. The van der Waals surface area contributed by atoms with E-state index in [0.717, 1.165) is 11.1 Å². The normalized spacial score (nSPS) is 16.5. The van der Waals surface area contributed by atoms with E-state index in [0.29, 0.717) is 25.2 Å². The number of benzene rings is 2. The summed E-state index contributed by atoms with van der Waals surface area (Å²) in [5.74, 6) is -1.04. The van der Waals surface area contributed by atoms with Crippen LogP contribution in [-0.2, 0) is 20.9 Å². The topological polar surface area (TPSA) is 108 Å². The predicted molar refractivity (Wildman–Crippen MR) is 140 cm³/mol. The number of carboxylic acid groups (broad SMARTS) is 1. The number of carbonyl (C=O) groups excluding carboxylic acids is 2. The second-order valence-corrected chi connectivity index (χ2v) is 9.85. The van der Waals surface area contributed by atoms with Gasteiger partial charge in [0.25, 0.3) is 0 Å². The zero-order valence-electron chi connectivity index (χ0n) is 21.6. The van der Waals surface area contributed by atoms with Gasteiger partial charge in [-0.15, -0.1) is 6.58 Å². The summed E-state index contributed by atoms with van der Waals surface area (Å²) in [7, 11) is 0. The van der Waals surface area contributed by atoms with E-state index in [4.69, 9.17) is 9.47 Å². The molecule has 0 bridgehead atoms. The number of aliphatic carboxylic acids is 1. The number of alkyl carbamates (subject to hydrolysis) is 1. The minimum absolute atomic E-state index is 0.00533. The maximum atomic E-state index is 12.5. The molecule has 198 valence electrons. The summed E-state index contributed by atoms with van der Waals surface area (Å²) >= 11 is 0. The largest absolute Gasteiger partial charge is 0.480 e. The standard InChI is InChI=1S/C28H35N3O6/c1-5-10-23(29-26(34)36-19-20-11-7-6-8-12-20)21-13-9-14-22(17-21)31-16-15-30(18-24(31)25(32)33)27(35)37-28(2,3)4/h5-9,11-14,17,23-24H,1,10,15-16,18-19H2,2-4H3,(H,29,34)(H,32,33)/t23-,24-/m0/s1. The van der Waals surface area contributed by atoms with Crippen molar-refractivity contribution in [3.05, 3.63) is 78.4 Å². The Morgan fingerprint density at radius 3 is 2.51 bits per heavy atom. The quantitative estimate of drug-likeness (QED) is 0.495. The smallest absolute Gasteiger partial charge is 0.410 e. The van der Waals surface area contributed by atoms with Crippen molar-refractivity contribution >= 4 is 23.8 Å². The fourth-order valence-electron chi connectivity index (χ4n) is 4.07. The highest BCUT2D eigenvalue weighted by Gasteiger charge is 2.36. The van der Waals surface area contributed by atoms with Gasteiger partial charge in [0.15, 0.2) is 0 Å². The minimum Gasteiger partial charge on any atom is -0.480 e. The Kier molecular flexibility index (Phi) is 9.16. The molecule has 9 heteroatoms. The molecule has 37 heavy (non-hydrogen) atoms. The number of piperazine rings is 1. The summed E-state index contributed by atoms with van der Waals surface area (Å²) in [5.41, 5.74) is 1.68. The van der Waals surface area contributed by atoms with E-state index in [1.807, 2.05) is 54.6 Å². The van der Waals surface area contributed by atoms with Crippen molar-refractivity contribution in [2.24, 2.45) is 0 Å². The molecule has 1 aliphatic heterocycles. The number of nitrogens with one attached hydrogen (secondary N) is 1. The van der Waals surface area contributed by atoms with Crippen LogP contribution in [0.3, 0.4) is 0 Å². The number of ether oxygens (including phenoxy) is 2. The number of carbonyl (C=O) groups is 3. The van der Waals surface area contributed by atoms with Crippen LogP contribution in [0.5, 0.6) is 0 Å². The van der Waals surface area contributed by atoms with E-state index in [1.54, 1.807) is 31.7 Å². The van der Waals surface area contributed by atoms with Gasteiger partial charge < -0.3 is 29.7 Å². The maximum Gasteiger partial charge on any atom is 0.410 e. The van der Waals surface area contributed by atoms with Crippen molar-refractivity contribution in [2.45, 2.75) is 51.5 Å². The van der Waals surface area contributed by atoms with Gasteiger partial charge in [-0.2, -0.15) is 0 Å². The van der Waals surface area contributed by atoms with E-state index in [2.05, 4.69) is 11.9 Å². The van der Waals surface area contributed by atoms with Crippen LogP contribution >= 0.6 is 0 Å². The molecule has 9 nitrogen and oxygen atoms in total. The lowest BCUT2D eigenvalue weighted by Gasteiger charge is -2.41. The average Bonchev–Trinajstić information content (AvgIpc) is 2.86. The second-order valence-electron chi connectivity index (χ2n) is 9.85. The number of carboxylic acids is 1. The lowest BCUT2D eigenvalue weighted by Crippen LogP contribution is -2.58. The first kappa shape index (κ1) is 27.6. The summed E-state index contributed by atoms with van der Waals surface area (Å²) in [4.78, 5) is 40.3. The van der Waals surface area contributed by atoms with E-state index in [-0.39, 0.29) is 13.2 Å². The summed E-state index contributed by atoms with van der Waals surface area (Å²) in [6.45, 7) is 9.89. The summed E-state index contributed by atoms with van der Waals surface area (Å²) in [5, 5.41) is 12.8. The van der Waals surface area contributed by atoms with Crippen LogP contribution in [0, 0.1) is 0 Å². The molecule has 0 saturated carbocycles. The van der Waals surface area contributed by atoms with Gasteiger partial charge in [0.05, 0.1) is 12.6 Å². The van der Waals surface area contributed by atoms with Crippen LogP contribution in [-0.4, -0.2) is 59.4 Å². The number of rotatable bonds is 8. The summed E-state index contributed by atoms with van der Waals surface area (Å²) in [6, 6.07) is 15.4. The maximum absolute atomic E-state index is 12.5. The molecule has 1 fully saturated rings. The van der Waals surface area contributed by atoms with E-state index in [9.17, 15) is 19.5 Å². The fourth-order valence-corrected chi connectivity index (χ4v) is 4.07. The Morgan fingerprint density at radius 1 is 1.14 bits per heavy atom. The molecule has 2 aromatic rings. The Hall–Kier alpha value is -4.01. The number of nitrogens with zero attached hydrogens (tertiary/aromatic N) is 2. The van der Waals surface area contributed by atoms with Crippen LogP contribution in [0.25, 0.3) is 0 Å². The van der Waals surface area contributed by atoms with Crippen molar-refractivity contribution in [1.29, 1.82) is 0 Å². The zero-order chi connectivity index (χ0) is 27.0. The molecule has 0 spiro atoms. The molecule has 0 radical (unpaired) electrons. The van der Waals surface area contributed by atoms with E-state index in [1.165, 1.54) is 4.90 Å². The molecule has 0 aliphatic carbocycles. The van der Waals surface area contributed by atoms with Gasteiger partial charge in [-0.05, 0) is 50.5 Å². The molecule has 1 aliphatic rings. The second kappa shape index (κ2) is 12.3. The monoisotopic (exact) mass is 509 g/mol. The van der Waals surface area contributed by atoms with Crippen LogP contribution in [0.15, 0.2) is 67.3 Å². The Balaban J connectivity index is 1.72. The molecule has 2 N–H and O–H groups in total. The van der Waals surface area contributed by atoms with Crippen LogP contribution in [0.1, 0.15) is 44.4 Å². The molecule has 0 unspecified atom stereocenters. The molecule has 2 amide bonds. The van der Waals surface area contributed by atoms with Gasteiger partial charge in [0.1, 0.15) is 18.2 Å². The lowest BCUT2D eigenvalue weighted by molar-refractivity contribution is -0.139. The highest BCUT2D eigenvalue weighted by molar-refractivity contribution is 5.80. The summed E-state index contributed by atoms with van der Waals surface area (Å²) in [6.07, 6.45) is 1.07. The molecular weight excluding hydrogens is 474 g/mol. The van der Waals surface area contributed by atoms with Crippen molar-refractivity contribution < 1.29 is 29.0 Å². The predicted octanol–water partition coefficient (Wildman–Crippen LogP) is 4.74. The Bertz CT molecular complexity index is 1100. The van der Waals surface area contributed by atoms with Crippen molar-refractivity contribution in [3.63, 3.8) is 0 Å². The van der Waals surface area contributed by atoms with Crippen molar-refractivity contribution in [2.75, 3.05) is 24.5 Å². The fraction of sp³-hybridized carbons (Fsp3) is 0.393. The molecular formula is C28H35N3O6. The summed E-state index contributed by atoms with van der Waals surface area (Å²) < 4.78 is 10.8. The molecule has 1 saturated heterocycles. The minimum atomic E-state index is -1.04. The number of hydrogen-bond donors (Lipinski definition) is 2. The lowest BCUT2D eigenvalue weighted by atomic mass is 10.0. The van der Waals surface area contributed by atoms with Gasteiger partial charge in [-0.25, -0.2) is 14.4 Å². The van der Waals surface area contributed by atoms with Gasteiger partial charge >= 0.3 is 18.2 Å². The van der Waals surface area contributed by atoms with Gasteiger partial charge in [0.2, 0.25) is 0 Å². The third-order valence-corrected chi connectivity index (χ3v) is 5.83. The SMILES string of the molecule is C=CC[C@H](NC(=O)OCc1ccccc1)c1cccc(N2CCN(C(=O)OC(C)(C)C)C[C@H]2C(=O)O)c1. The number of anilines is 1. The highest BCUT2D eigenvalue weighted by atomic mass is 16.6. The molecule has 3 rings (SSSR count). The average molecular weight is 510 g/mol. The van der Waals surface area contributed by atoms with Crippen LogP contribution in [0.4, 0.5) is 15.3 Å². The van der Waals surface area contributed by atoms with Crippen LogP contribution in [0.2, 0.25) is 0 Å². The first-order chi connectivity index (χ1) is 17.6. The first-order valence-corrected chi connectivity index (χ1v) is 12.2. The highest BCUT2D eigenvalue weighted by Crippen LogP contribution is 2.27. The first-order valence-electron chi connectivity index (χ1n) is 12.2. The zero-order valence-corrected chi connectivity index (χ0v) is 21.6. The van der Waals surface area contributed by atoms with E-state index < -0.39 is 35.8 Å². The third kappa shape index (κ3) is 7.99. The Morgan fingerprint density at radius 2 is 1.86 bits per heavy atom. The van der Waals surface area contributed by atoms with Crippen molar-refractivity contribution in [3.8, 4) is 0 Å². The molecule has 2 aromatic carbocycles. The molecule has 0 aromatic heterocycles. The van der Waals surface area contributed by atoms with Gasteiger partial charge in [0, 0.05) is 18.8 Å². The van der Waals surface area contributed by atoms with Gasteiger partial charge in [-0.3, -0.25) is 0 Å². The van der Waals surface area contributed by atoms with E-state index >= 15 is 0 Å². The number of amides is 2. The third-order valence-electron chi connectivity index (χ3n) is 5.83.